The summed E-state index contributed by atoms with van der Waals surface area (Å²) in [6.45, 7) is 1.85. The van der Waals surface area contributed by atoms with Gasteiger partial charge in [0, 0.05) is 12.5 Å². The van der Waals surface area contributed by atoms with Crippen LogP contribution >= 0.6 is 0 Å². The van der Waals surface area contributed by atoms with Crippen molar-refractivity contribution in [3.63, 3.8) is 0 Å². The Morgan fingerprint density at radius 2 is 2.27 bits per heavy atom. The molecule has 0 amide bonds. The first-order chi connectivity index (χ1) is 7.17. The van der Waals surface area contributed by atoms with E-state index < -0.39 is 0 Å². The number of nitrogens with one attached hydrogen (secondary N) is 1. The summed E-state index contributed by atoms with van der Waals surface area (Å²) in [5.41, 5.74) is 4.36. The van der Waals surface area contributed by atoms with Crippen LogP contribution in [0.1, 0.15) is 30.0 Å². The fourth-order valence-corrected chi connectivity index (χ4v) is 1.54. The van der Waals surface area contributed by atoms with Gasteiger partial charge >= 0.3 is 0 Å². The van der Waals surface area contributed by atoms with Gasteiger partial charge in [-0.15, -0.1) is 12.3 Å². The SMILES string of the molecule is C#CCCC(NN)c1cc(C)cc(F)c1. The van der Waals surface area contributed by atoms with Gasteiger partial charge in [0.1, 0.15) is 5.82 Å². The van der Waals surface area contributed by atoms with E-state index in [1.54, 1.807) is 0 Å². The summed E-state index contributed by atoms with van der Waals surface area (Å²) in [5.74, 6) is 7.70. The van der Waals surface area contributed by atoms with Crippen LogP contribution in [0.4, 0.5) is 4.39 Å². The first-order valence-corrected chi connectivity index (χ1v) is 4.84. The smallest absolute Gasteiger partial charge is 0.123 e. The molecule has 0 heterocycles. The summed E-state index contributed by atoms with van der Waals surface area (Å²) in [7, 11) is 0. The van der Waals surface area contributed by atoms with Crippen molar-refractivity contribution >= 4 is 0 Å². The van der Waals surface area contributed by atoms with Crippen LogP contribution in [0.2, 0.25) is 0 Å². The minimum Gasteiger partial charge on any atom is -0.271 e. The molecule has 1 rings (SSSR count). The lowest BCUT2D eigenvalue weighted by Crippen LogP contribution is -2.28. The van der Waals surface area contributed by atoms with E-state index in [-0.39, 0.29) is 11.9 Å². The fraction of sp³-hybridized carbons (Fsp3) is 0.333. The van der Waals surface area contributed by atoms with Gasteiger partial charge in [-0.2, -0.15) is 0 Å². The van der Waals surface area contributed by atoms with Crippen molar-refractivity contribution in [3.05, 3.63) is 35.1 Å². The molecule has 1 aromatic carbocycles. The van der Waals surface area contributed by atoms with Crippen molar-refractivity contribution in [1.82, 2.24) is 5.43 Å². The summed E-state index contributed by atoms with van der Waals surface area (Å²) in [5, 5.41) is 0. The van der Waals surface area contributed by atoms with Gasteiger partial charge < -0.3 is 0 Å². The number of halogens is 1. The minimum atomic E-state index is -0.244. The predicted molar refractivity (Wildman–Crippen MR) is 59.3 cm³/mol. The molecule has 1 atom stereocenters. The number of benzene rings is 1. The summed E-state index contributed by atoms with van der Waals surface area (Å²) in [6.07, 6.45) is 6.50. The Balaban J connectivity index is 2.87. The van der Waals surface area contributed by atoms with E-state index in [0.717, 1.165) is 11.1 Å². The van der Waals surface area contributed by atoms with Crippen molar-refractivity contribution < 1.29 is 4.39 Å². The summed E-state index contributed by atoms with van der Waals surface area (Å²) < 4.78 is 13.1. The second-order valence-electron chi connectivity index (χ2n) is 3.52. The van der Waals surface area contributed by atoms with Gasteiger partial charge in [0.25, 0.3) is 0 Å². The maximum atomic E-state index is 13.1. The summed E-state index contributed by atoms with van der Waals surface area (Å²) >= 11 is 0. The zero-order valence-corrected chi connectivity index (χ0v) is 8.76. The number of terminal acetylenes is 1. The molecule has 0 aliphatic carbocycles. The molecule has 3 heteroatoms. The highest BCUT2D eigenvalue weighted by molar-refractivity contribution is 5.26. The van der Waals surface area contributed by atoms with E-state index in [1.807, 2.05) is 13.0 Å². The molecular formula is C12H15FN2. The number of hydrogen-bond donors (Lipinski definition) is 2. The molecule has 3 N–H and O–H groups in total. The number of hydrogen-bond acceptors (Lipinski definition) is 2. The average molecular weight is 206 g/mol. The molecule has 2 nitrogen and oxygen atoms in total. The quantitative estimate of drug-likeness (QED) is 0.449. The van der Waals surface area contributed by atoms with Crippen LogP contribution in [-0.4, -0.2) is 0 Å². The Hall–Kier alpha value is -1.37. The number of hydrazine groups is 1. The average Bonchev–Trinajstić information content (AvgIpc) is 2.17. The first-order valence-electron chi connectivity index (χ1n) is 4.84. The topological polar surface area (TPSA) is 38.0 Å². The van der Waals surface area contributed by atoms with E-state index in [1.165, 1.54) is 12.1 Å². The third-order valence-corrected chi connectivity index (χ3v) is 2.25. The zero-order chi connectivity index (χ0) is 11.3. The van der Waals surface area contributed by atoms with E-state index in [0.29, 0.717) is 12.8 Å². The Morgan fingerprint density at radius 1 is 1.53 bits per heavy atom. The Kier molecular flexibility index (Phi) is 4.29. The zero-order valence-electron chi connectivity index (χ0n) is 8.76. The highest BCUT2D eigenvalue weighted by Gasteiger charge is 2.10. The Labute approximate surface area is 89.6 Å². The predicted octanol–water partition coefficient (Wildman–Crippen LogP) is 2.05. The van der Waals surface area contributed by atoms with Crippen LogP contribution in [0.3, 0.4) is 0 Å². The van der Waals surface area contributed by atoms with Crippen molar-refractivity contribution in [1.29, 1.82) is 0 Å². The van der Waals surface area contributed by atoms with Crippen LogP contribution in [-0.2, 0) is 0 Å². The molecule has 0 radical (unpaired) electrons. The monoisotopic (exact) mass is 206 g/mol. The van der Waals surface area contributed by atoms with Gasteiger partial charge in [-0.1, -0.05) is 6.07 Å². The molecule has 0 saturated heterocycles. The first kappa shape index (κ1) is 11.7. The van der Waals surface area contributed by atoms with Crippen molar-refractivity contribution in [3.8, 4) is 12.3 Å². The maximum absolute atomic E-state index is 13.1. The summed E-state index contributed by atoms with van der Waals surface area (Å²) in [4.78, 5) is 0. The number of rotatable bonds is 4. The largest absolute Gasteiger partial charge is 0.271 e. The molecule has 0 fully saturated rings. The second kappa shape index (κ2) is 5.50. The van der Waals surface area contributed by atoms with E-state index in [4.69, 9.17) is 12.3 Å². The lowest BCUT2D eigenvalue weighted by Gasteiger charge is -2.15. The van der Waals surface area contributed by atoms with Gasteiger partial charge in [0.15, 0.2) is 0 Å². The second-order valence-corrected chi connectivity index (χ2v) is 3.52. The molecule has 0 aromatic heterocycles. The highest BCUT2D eigenvalue weighted by Crippen LogP contribution is 2.19. The van der Waals surface area contributed by atoms with E-state index in [9.17, 15) is 4.39 Å². The summed E-state index contributed by atoms with van der Waals surface area (Å²) in [6, 6.07) is 4.78. The lowest BCUT2D eigenvalue weighted by molar-refractivity contribution is 0.518. The van der Waals surface area contributed by atoms with Crippen LogP contribution in [0, 0.1) is 25.1 Å². The standard InChI is InChI=1S/C12H15FN2/c1-3-4-5-12(15-14)10-6-9(2)7-11(13)8-10/h1,6-8,12,15H,4-5,14H2,2H3. The van der Waals surface area contributed by atoms with Gasteiger partial charge in [0.05, 0.1) is 0 Å². The molecule has 15 heavy (non-hydrogen) atoms. The minimum absolute atomic E-state index is 0.0875. The molecule has 80 valence electrons. The van der Waals surface area contributed by atoms with Crippen LogP contribution in [0.15, 0.2) is 18.2 Å². The van der Waals surface area contributed by atoms with Gasteiger partial charge in [-0.25, -0.2) is 4.39 Å². The van der Waals surface area contributed by atoms with Gasteiger partial charge in [-0.3, -0.25) is 11.3 Å². The van der Waals surface area contributed by atoms with Gasteiger partial charge in [-0.05, 0) is 36.6 Å². The molecule has 0 bridgehead atoms. The molecule has 0 aliphatic heterocycles. The maximum Gasteiger partial charge on any atom is 0.123 e. The molecule has 0 spiro atoms. The van der Waals surface area contributed by atoms with Gasteiger partial charge in [0.2, 0.25) is 0 Å². The normalized spacial score (nSPS) is 12.1. The lowest BCUT2D eigenvalue weighted by atomic mass is 10.0. The number of nitrogens with two attached hydrogens (primary N) is 1. The third-order valence-electron chi connectivity index (χ3n) is 2.25. The fourth-order valence-electron chi connectivity index (χ4n) is 1.54. The van der Waals surface area contributed by atoms with Crippen molar-refractivity contribution in [2.24, 2.45) is 5.84 Å². The van der Waals surface area contributed by atoms with E-state index >= 15 is 0 Å². The molecule has 1 aromatic rings. The van der Waals surface area contributed by atoms with Crippen molar-refractivity contribution in [2.75, 3.05) is 0 Å². The Morgan fingerprint density at radius 3 is 2.80 bits per heavy atom. The molecular weight excluding hydrogens is 191 g/mol. The molecule has 0 saturated carbocycles. The van der Waals surface area contributed by atoms with Crippen LogP contribution in [0.5, 0.6) is 0 Å². The molecule has 0 aliphatic rings. The highest BCUT2D eigenvalue weighted by atomic mass is 19.1. The third kappa shape index (κ3) is 3.35. The van der Waals surface area contributed by atoms with Crippen LogP contribution < -0.4 is 11.3 Å². The van der Waals surface area contributed by atoms with E-state index in [2.05, 4.69) is 11.3 Å². The number of aryl methyl sites for hydroxylation is 1. The molecule has 1 unspecified atom stereocenters. The van der Waals surface area contributed by atoms with Crippen LogP contribution in [0.25, 0.3) is 0 Å². The van der Waals surface area contributed by atoms with Crippen molar-refractivity contribution in [2.45, 2.75) is 25.8 Å². The Bertz CT molecular complexity index is 348.